The summed E-state index contributed by atoms with van der Waals surface area (Å²) in [6.45, 7) is 8.11. The van der Waals surface area contributed by atoms with E-state index < -0.39 is 7.12 Å². The van der Waals surface area contributed by atoms with Gasteiger partial charge in [0.2, 0.25) is 0 Å². The maximum Gasteiger partial charge on any atom is 0.494 e. The van der Waals surface area contributed by atoms with Gasteiger partial charge in [-0.05, 0) is 68.2 Å². The van der Waals surface area contributed by atoms with Gasteiger partial charge in [-0.25, -0.2) is 0 Å². The molecule has 0 aliphatic carbocycles. The quantitative estimate of drug-likeness (QED) is 0.651. The van der Waals surface area contributed by atoms with Gasteiger partial charge >= 0.3 is 7.12 Å². The predicted molar refractivity (Wildman–Crippen MR) is 120 cm³/mol. The van der Waals surface area contributed by atoms with E-state index in [-0.39, 0.29) is 23.7 Å². The molecule has 0 bridgehead atoms. The maximum atomic E-state index is 12.1. The third-order valence-corrected chi connectivity index (χ3v) is 5.79. The Bertz CT molecular complexity index is 1050. The molecule has 154 valence electrons. The molecule has 1 heterocycles. The van der Waals surface area contributed by atoms with Crippen molar-refractivity contribution in [2.45, 2.75) is 38.9 Å². The average molecular weight is 403 g/mol. The van der Waals surface area contributed by atoms with Crippen LogP contribution in [-0.4, -0.2) is 30.8 Å². The molecule has 3 aromatic carbocycles. The van der Waals surface area contributed by atoms with Crippen LogP contribution < -0.4 is 15.5 Å². The zero-order valence-corrected chi connectivity index (χ0v) is 17.8. The Morgan fingerprint density at radius 1 is 0.900 bits per heavy atom. The van der Waals surface area contributed by atoms with Gasteiger partial charge in [-0.15, -0.1) is 0 Å². The summed E-state index contributed by atoms with van der Waals surface area (Å²) in [5.41, 5.74) is 0.935. The van der Waals surface area contributed by atoms with Crippen molar-refractivity contribution in [1.29, 1.82) is 0 Å². The lowest BCUT2D eigenvalue weighted by Crippen LogP contribution is -2.41. The SMILES string of the molecule is CC1(C)OB(c2ccc3ccc(OCC(=O)Nc4ccccc4)cc3c2)OC1(C)C. The molecule has 0 unspecified atom stereocenters. The molecule has 1 fully saturated rings. The summed E-state index contributed by atoms with van der Waals surface area (Å²) in [7, 11) is -0.416. The van der Waals surface area contributed by atoms with Crippen LogP contribution in [0.25, 0.3) is 10.8 Å². The molecule has 6 heteroatoms. The van der Waals surface area contributed by atoms with Crippen LogP contribution in [0.3, 0.4) is 0 Å². The van der Waals surface area contributed by atoms with Crippen molar-refractivity contribution in [3.05, 3.63) is 66.7 Å². The fourth-order valence-electron chi connectivity index (χ4n) is 3.33. The van der Waals surface area contributed by atoms with Gasteiger partial charge in [0.25, 0.3) is 5.91 Å². The first-order chi connectivity index (χ1) is 14.2. The van der Waals surface area contributed by atoms with E-state index in [9.17, 15) is 4.79 Å². The van der Waals surface area contributed by atoms with Crippen molar-refractivity contribution in [1.82, 2.24) is 0 Å². The second kappa shape index (κ2) is 7.78. The van der Waals surface area contributed by atoms with Gasteiger partial charge in [-0.1, -0.05) is 42.5 Å². The van der Waals surface area contributed by atoms with E-state index in [1.165, 1.54) is 0 Å². The number of fused-ring (bicyclic) bond motifs is 1. The number of ether oxygens (including phenoxy) is 1. The van der Waals surface area contributed by atoms with E-state index in [0.717, 1.165) is 21.9 Å². The Hall–Kier alpha value is -2.83. The van der Waals surface area contributed by atoms with Crippen LogP contribution in [0.1, 0.15) is 27.7 Å². The monoisotopic (exact) mass is 403 g/mol. The molecule has 1 amide bonds. The van der Waals surface area contributed by atoms with Gasteiger partial charge in [0.05, 0.1) is 11.2 Å². The molecule has 1 aliphatic rings. The molecule has 1 N–H and O–H groups in total. The van der Waals surface area contributed by atoms with Crippen molar-refractivity contribution in [3.63, 3.8) is 0 Å². The van der Waals surface area contributed by atoms with Crippen LogP contribution in [-0.2, 0) is 14.1 Å². The lowest BCUT2D eigenvalue weighted by molar-refractivity contribution is -0.118. The van der Waals surface area contributed by atoms with Gasteiger partial charge in [-0.2, -0.15) is 0 Å². The summed E-state index contributed by atoms with van der Waals surface area (Å²) in [6, 6.07) is 21.2. The highest BCUT2D eigenvalue weighted by Crippen LogP contribution is 2.36. The number of carbonyl (C=O) groups excluding carboxylic acids is 1. The van der Waals surface area contributed by atoms with Crippen molar-refractivity contribution in [2.75, 3.05) is 11.9 Å². The highest BCUT2D eigenvalue weighted by Gasteiger charge is 2.51. The molecule has 4 rings (SSSR count). The number of anilines is 1. The highest BCUT2D eigenvalue weighted by molar-refractivity contribution is 6.62. The van der Waals surface area contributed by atoms with E-state index in [1.807, 2.05) is 94.4 Å². The molecule has 0 radical (unpaired) electrons. The molecular weight excluding hydrogens is 377 g/mol. The number of nitrogens with one attached hydrogen (secondary N) is 1. The summed E-state index contributed by atoms with van der Waals surface area (Å²) >= 11 is 0. The Balaban J connectivity index is 1.46. The second-order valence-electron chi connectivity index (χ2n) is 8.56. The standard InChI is InChI=1S/C24H26BNO4/c1-23(2)24(3,4)30-25(29-23)19-12-10-17-11-13-21(15-18(17)14-19)28-16-22(27)26-20-8-6-5-7-9-20/h5-15H,16H2,1-4H3,(H,26,27). The summed E-state index contributed by atoms with van der Waals surface area (Å²) in [4.78, 5) is 12.1. The van der Waals surface area contributed by atoms with E-state index >= 15 is 0 Å². The van der Waals surface area contributed by atoms with Crippen LogP contribution in [0.5, 0.6) is 5.75 Å². The van der Waals surface area contributed by atoms with Crippen molar-refractivity contribution in [3.8, 4) is 5.75 Å². The lowest BCUT2D eigenvalue weighted by atomic mass is 9.78. The number of para-hydroxylation sites is 1. The van der Waals surface area contributed by atoms with Crippen molar-refractivity contribution < 1.29 is 18.8 Å². The van der Waals surface area contributed by atoms with E-state index in [4.69, 9.17) is 14.0 Å². The average Bonchev–Trinajstić information content (AvgIpc) is 2.94. The number of amides is 1. The Kier molecular flexibility index (Phi) is 5.30. The van der Waals surface area contributed by atoms with Crippen molar-refractivity contribution >= 4 is 34.9 Å². The topological polar surface area (TPSA) is 56.8 Å². The number of rotatable bonds is 5. The summed E-state index contributed by atoms with van der Waals surface area (Å²) in [6.07, 6.45) is 0. The Morgan fingerprint density at radius 3 is 2.27 bits per heavy atom. The first-order valence-electron chi connectivity index (χ1n) is 10.1. The number of benzene rings is 3. The first kappa shape index (κ1) is 20.4. The molecule has 5 nitrogen and oxygen atoms in total. The lowest BCUT2D eigenvalue weighted by Gasteiger charge is -2.32. The van der Waals surface area contributed by atoms with Crippen LogP contribution in [0, 0.1) is 0 Å². The number of carbonyl (C=O) groups is 1. The smallest absolute Gasteiger partial charge is 0.484 e. The van der Waals surface area contributed by atoms with Gasteiger partial charge in [0, 0.05) is 5.69 Å². The highest BCUT2D eigenvalue weighted by atomic mass is 16.7. The van der Waals surface area contributed by atoms with E-state index in [2.05, 4.69) is 5.32 Å². The third-order valence-electron chi connectivity index (χ3n) is 5.79. The maximum absolute atomic E-state index is 12.1. The summed E-state index contributed by atoms with van der Waals surface area (Å²) < 4.78 is 18.0. The Labute approximate surface area is 177 Å². The first-order valence-corrected chi connectivity index (χ1v) is 10.1. The minimum atomic E-state index is -0.416. The van der Waals surface area contributed by atoms with Crippen LogP contribution in [0.4, 0.5) is 5.69 Å². The second-order valence-corrected chi connectivity index (χ2v) is 8.56. The van der Waals surface area contributed by atoms with Gasteiger partial charge < -0.3 is 19.4 Å². The van der Waals surface area contributed by atoms with Crippen molar-refractivity contribution in [2.24, 2.45) is 0 Å². The zero-order chi connectivity index (χ0) is 21.4. The molecule has 0 saturated carbocycles. The number of hydrogen-bond donors (Lipinski definition) is 1. The molecule has 30 heavy (non-hydrogen) atoms. The fraction of sp³-hybridized carbons (Fsp3) is 0.292. The minimum absolute atomic E-state index is 0.0582. The van der Waals surface area contributed by atoms with E-state index in [1.54, 1.807) is 0 Å². The van der Waals surface area contributed by atoms with Gasteiger partial charge in [-0.3, -0.25) is 4.79 Å². The van der Waals surface area contributed by atoms with Gasteiger partial charge in [0.1, 0.15) is 5.75 Å². The normalized spacial score (nSPS) is 17.1. The largest absolute Gasteiger partial charge is 0.494 e. The summed E-state index contributed by atoms with van der Waals surface area (Å²) in [5.74, 6) is 0.434. The molecule has 0 atom stereocenters. The zero-order valence-electron chi connectivity index (χ0n) is 17.8. The van der Waals surface area contributed by atoms with Crippen LogP contribution >= 0.6 is 0 Å². The molecule has 3 aromatic rings. The van der Waals surface area contributed by atoms with Crippen LogP contribution in [0.2, 0.25) is 0 Å². The Morgan fingerprint density at radius 2 is 1.57 bits per heavy atom. The van der Waals surface area contributed by atoms with E-state index in [0.29, 0.717) is 5.75 Å². The molecule has 0 spiro atoms. The fourth-order valence-corrected chi connectivity index (χ4v) is 3.33. The predicted octanol–water partition coefficient (Wildman–Crippen LogP) is 4.16. The molecular formula is C24H26BNO4. The summed E-state index contributed by atoms with van der Waals surface area (Å²) in [5, 5.41) is 4.90. The molecule has 1 aliphatic heterocycles. The minimum Gasteiger partial charge on any atom is -0.484 e. The third kappa shape index (κ3) is 4.20. The molecule has 1 saturated heterocycles. The van der Waals surface area contributed by atoms with Crippen LogP contribution in [0.15, 0.2) is 66.7 Å². The number of hydrogen-bond acceptors (Lipinski definition) is 4. The molecule has 0 aromatic heterocycles. The van der Waals surface area contributed by atoms with Gasteiger partial charge in [0.15, 0.2) is 6.61 Å².